The van der Waals surface area contributed by atoms with Crippen LogP contribution in [0.2, 0.25) is 0 Å². The van der Waals surface area contributed by atoms with Crippen LogP contribution in [0, 0.1) is 11.6 Å². The lowest BCUT2D eigenvalue weighted by Gasteiger charge is -2.05. The highest BCUT2D eigenvalue weighted by atomic mass is 32.2. The molecule has 0 spiro atoms. The minimum atomic E-state index is -1.35. The van der Waals surface area contributed by atoms with E-state index in [0.29, 0.717) is 18.8 Å². The molecule has 0 bridgehead atoms. The van der Waals surface area contributed by atoms with Crippen LogP contribution in [0.1, 0.15) is 16.8 Å². The molecule has 1 aromatic carbocycles. The third kappa shape index (κ3) is 3.98. The molecule has 3 nitrogen and oxygen atoms in total. The van der Waals surface area contributed by atoms with E-state index in [2.05, 4.69) is 0 Å². The van der Waals surface area contributed by atoms with E-state index in [9.17, 15) is 13.6 Å². The topological polar surface area (TPSA) is 46.5 Å². The summed E-state index contributed by atoms with van der Waals surface area (Å²) >= 11 is 1.01. The molecule has 0 amide bonds. The molecule has 0 unspecified atom stereocenters. The highest BCUT2D eigenvalue weighted by molar-refractivity contribution is 7.99. The standard InChI is InChI=1S/C11H12F2O3S/c1-16-3-2-4-17-10-8(12)5-7(11(14)15)6-9(10)13/h5-6H,2-4H2,1H3,(H,14,15). The Hall–Kier alpha value is -1.14. The summed E-state index contributed by atoms with van der Waals surface area (Å²) in [5, 5.41) is 8.61. The number of ether oxygens (including phenoxy) is 1. The second-order valence-corrected chi connectivity index (χ2v) is 4.37. The van der Waals surface area contributed by atoms with Crippen molar-refractivity contribution in [3.8, 4) is 0 Å². The number of halogens is 2. The molecule has 17 heavy (non-hydrogen) atoms. The predicted octanol–water partition coefficient (Wildman–Crippen LogP) is 2.79. The van der Waals surface area contributed by atoms with Crippen LogP contribution < -0.4 is 0 Å². The van der Waals surface area contributed by atoms with Crippen LogP contribution in [0.15, 0.2) is 17.0 Å². The second kappa shape index (κ2) is 6.56. The van der Waals surface area contributed by atoms with Gasteiger partial charge in [0.15, 0.2) is 0 Å². The minimum absolute atomic E-state index is 0.147. The van der Waals surface area contributed by atoms with Crippen LogP contribution in [0.5, 0.6) is 0 Å². The van der Waals surface area contributed by atoms with Gasteiger partial charge in [0.05, 0.1) is 10.5 Å². The molecule has 0 aliphatic rings. The zero-order valence-electron chi connectivity index (χ0n) is 9.20. The Morgan fingerprint density at radius 1 is 1.41 bits per heavy atom. The quantitative estimate of drug-likeness (QED) is 0.632. The van der Waals surface area contributed by atoms with Gasteiger partial charge in [0.2, 0.25) is 0 Å². The molecular weight excluding hydrogens is 250 g/mol. The lowest BCUT2D eigenvalue weighted by atomic mass is 10.2. The number of thioether (sulfide) groups is 1. The normalized spacial score (nSPS) is 10.5. The van der Waals surface area contributed by atoms with Crippen LogP contribution in [0.4, 0.5) is 8.78 Å². The first kappa shape index (κ1) is 13.9. The van der Waals surface area contributed by atoms with Gasteiger partial charge in [0.25, 0.3) is 0 Å². The molecule has 6 heteroatoms. The Morgan fingerprint density at radius 2 is 2.00 bits per heavy atom. The van der Waals surface area contributed by atoms with E-state index in [-0.39, 0.29) is 10.5 Å². The van der Waals surface area contributed by atoms with E-state index in [0.717, 1.165) is 23.9 Å². The smallest absolute Gasteiger partial charge is 0.335 e. The number of carbonyl (C=O) groups is 1. The summed E-state index contributed by atoms with van der Waals surface area (Å²) in [4.78, 5) is 10.4. The average Bonchev–Trinajstić information content (AvgIpc) is 2.26. The Labute approximate surface area is 102 Å². The van der Waals surface area contributed by atoms with Crippen LogP contribution in [-0.4, -0.2) is 30.5 Å². The van der Waals surface area contributed by atoms with Gasteiger partial charge in [0.1, 0.15) is 11.6 Å². The summed E-state index contributed by atoms with van der Waals surface area (Å²) in [5.74, 6) is -2.53. The fourth-order valence-electron chi connectivity index (χ4n) is 1.20. The molecule has 0 aliphatic carbocycles. The molecule has 0 fully saturated rings. The van der Waals surface area contributed by atoms with E-state index in [4.69, 9.17) is 9.84 Å². The number of benzene rings is 1. The lowest BCUT2D eigenvalue weighted by Crippen LogP contribution is -2.00. The molecule has 94 valence electrons. The van der Waals surface area contributed by atoms with Crippen molar-refractivity contribution in [3.05, 3.63) is 29.3 Å². The SMILES string of the molecule is COCCCSc1c(F)cc(C(=O)O)cc1F. The Bertz CT molecular complexity index is 387. The highest BCUT2D eigenvalue weighted by Gasteiger charge is 2.14. The first-order valence-electron chi connectivity index (χ1n) is 4.90. The summed E-state index contributed by atoms with van der Waals surface area (Å²) in [5.41, 5.74) is -0.388. The number of rotatable bonds is 6. The molecule has 0 saturated heterocycles. The van der Waals surface area contributed by atoms with Gasteiger partial charge in [-0.25, -0.2) is 13.6 Å². The van der Waals surface area contributed by atoms with Crippen molar-refractivity contribution in [2.45, 2.75) is 11.3 Å². The van der Waals surface area contributed by atoms with E-state index in [1.165, 1.54) is 0 Å². The van der Waals surface area contributed by atoms with Crippen LogP contribution in [-0.2, 0) is 4.74 Å². The van der Waals surface area contributed by atoms with E-state index >= 15 is 0 Å². The Morgan fingerprint density at radius 3 is 2.47 bits per heavy atom. The summed E-state index contributed by atoms with van der Waals surface area (Å²) < 4.78 is 31.7. The summed E-state index contributed by atoms with van der Waals surface area (Å²) in [6, 6.07) is 1.65. The maximum absolute atomic E-state index is 13.4. The average molecular weight is 262 g/mol. The van der Waals surface area contributed by atoms with Crippen molar-refractivity contribution in [1.29, 1.82) is 0 Å². The molecule has 1 rings (SSSR count). The number of aromatic carboxylic acids is 1. The van der Waals surface area contributed by atoms with Crippen LogP contribution in [0.25, 0.3) is 0 Å². The maximum atomic E-state index is 13.4. The first-order valence-corrected chi connectivity index (χ1v) is 5.89. The van der Waals surface area contributed by atoms with Gasteiger partial charge in [-0.2, -0.15) is 0 Å². The molecular formula is C11H12F2O3S. The third-order valence-corrected chi connectivity index (χ3v) is 3.16. The van der Waals surface area contributed by atoms with Gasteiger partial charge >= 0.3 is 5.97 Å². The van der Waals surface area contributed by atoms with Crippen molar-refractivity contribution < 1.29 is 23.4 Å². The van der Waals surface area contributed by atoms with Gasteiger partial charge in [-0.1, -0.05) is 0 Å². The largest absolute Gasteiger partial charge is 0.478 e. The van der Waals surface area contributed by atoms with Crippen molar-refractivity contribution in [3.63, 3.8) is 0 Å². The number of carboxylic acids is 1. The second-order valence-electron chi connectivity index (χ2n) is 3.27. The molecule has 0 atom stereocenters. The molecule has 0 aromatic heterocycles. The number of methoxy groups -OCH3 is 1. The molecule has 0 aliphatic heterocycles. The Kier molecular flexibility index (Phi) is 5.37. The summed E-state index contributed by atoms with van der Waals surface area (Å²) in [7, 11) is 1.55. The molecule has 1 N–H and O–H groups in total. The molecule has 1 aromatic rings. The van der Waals surface area contributed by atoms with Gasteiger partial charge in [-0.3, -0.25) is 0 Å². The summed E-state index contributed by atoms with van der Waals surface area (Å²) in [6.07, 6.45) is 0.667. The Balaban J connectivity index is 2.76. The van der Waals surface area contributed by atoms with Crippen LogP contribution >= 0.6 is 11.8 Å². The monoisotopic (exact) mass is 262 g/mol. The zero-order chi connectivity index (χ0) is 12.8. The first-order chi connectivity index (χ1) is 8.06. The zero-order valence-corrected chi connectivity index (χ0v) is 10.0. The van der Waals surface area contributed by atoms with E-state index < -0.39 is 17.6 Å². The maximum Gasteiger partial charge on any atom is 0.335 e. The van der Waals surface area contributed by atoms with Crippen molar-refractivity contribution in [2.24, 2.45) is 0 Å². The van der Waals surface area contributed by atoms with Crippen molar-refractivity contribution in [1.82, 2.24) is 0 Å². The fraction of sp³-hybridized carbons (Fsp3) is 0.364. The van der Waals surface area contributed by atoms with Crippen LogP contribution in [0.3, 0.4) is 0 Å². The number of carboxylic acid groups (broad SMARTS) is 1. The molecule has 0 heterocycles. The van der Waals surface area contributed by atoms with Gasteiger partial charge in [0, 0.05) is 19.5 Å². The minimum Gasteiger partial charge on any atom is -0.478 e. The molecule has 0 saturated carbocycles. The number of hydrogen-bond acceptors (Lipinski definition) is 3. The van der Waals surface area contributed by atoms with Gasteiger partial charge < -0.3 is 9.84 Å². The lowest BCUT2D eigenvalue weighted by molar-refractivity contribution is 0.0695. The van der Waals surface area contributed by atoms with Crippen molar-refractivity contribution >= 4 is 17.7 Å². The van der Waals surface area contributed by atoms with E-state index in [1.807, 2.05) is 0 Å². The van der Waals surface area contributed by atoms with E-state index in [1.54, 1.807) is 7.11 Å². The van der Waals surface area contributed by atoms with Gasteiger partial charge in [-0.05, 0) is 18.6 Å². The molecule has 0 radical (unpaired) electrons. The summed E-state index contributed by atoms with van der Waals surface area (Å²) in [6.45, 7) is 0.517. The third-order valence-electron chi connectivity index (χ3n) is 1.98. The highest BCUT2D eigenvalue weighted by Crippen LogP contribution is 2.26. The van der Waals surface area contributed by atoms with Gasteiger partial charge in [-0.15, -0.1) is 11.8 Å². The van der Waals surface area contributed by atoms with Crippen molar-refractivity contribution in [2.75, 3.05) is 19.5 Å². The number of hydrogen-bond donors (Lipinski definition) is 1. The predicted molar refractivity (Wildman–Crippen MR) is 60.5 cm³/mol. The fourth-order valence-corrected chi connectivity index (χ4v) is 2.06.